The number of anilines is 1. The molecule has 9 nitrogen and oxygen atoms in total. The molecule has 0 aliphatic rings. The molecule has 0 unspecified atom stereocenters. The number of hydrogen-bond donors (Lipinski definition) is 3. The summed E-state index contributed by atoms with van der Waals surface area (Å²) in [6.07, 6.45) is 6.04. The number of carbonyl (C=O) groups excluding carboxylic acids is 2. The zero-order chi connectivity index (χ0) is 29.5. The van der Waals surface area contributed by atoms with Crippen molar-refractivity contribution in [2.24, 2.45) is 0 Å². The molecule has 0 bridgehead atoms. The highest BCUT2D eigenvalue weighted by molar-refractivity contribution is 6.05. The van der Waals surface area contributed by atoms with Crippen LogP contribution in [0, 0.1) is 18.3 Å². The first kappa shape index (κ1) is 27.8. The smallest absolute Gasteiger partial charge is 0.256 e. The van der Waals surface area contributed by atoms with Gasteiger partial charge in [-0.05, 0) is 61.4 Å². The van der Waals surface area contributed by atoms with E-state index in [1.54, 1.807) is 73.2 Å². The second kappa shape index (κ2) is 12.6. The van der Waals surface area contributed by atoms with Gasteiger partial charge in [-0.3, -0.25) is 9.59 Å². The lowest BCUT2D eigenvalue weighted by molar-refractivity contribution is 0.0952. The average molecular weight is 557 g/mol. The van der Waals surface area contributed by atoms with Gasteiger partial charge < -0.3 is 20.3 Å². The minimum atomic E-state index is -0.428. The fraction of sp³-hybridized carbons (Fsp3) is 0.121. The predicted octanol–water partition coefficient (Wildman–Crippen LogP) is 5.57. The quantitative estimate of drug-likeness (QED) is 0.203. The highest BCUT2D eigenvalue weighted by Gasteiger charge is 2.20. The topological polar surface area (TPSA) is 133 Å². The summed E-state index contributed by atoms with van der Waals surface area (Å²) >= 11 is 0. The van der Waals surface area contributed by atoms with Gasteiger partial charge in [0.05, 0.1) is 12.0 Å². The van der Waals surface area contributed by atoms with Gasteiger partial charge in [0, 0.05) is 47.7 Å². The number of phenolic OH excluding ortho intramolecular Hbond substituents is 1. The number of imidazole rings is 1. The van der Waals surface area contributed by atoms with Gasteiger partial charge >= 0.3 is 0 Å². The van der Waals surface area contributed by atoms with E-state index in [9.17, 15) is 20.0 Å². The molecule has 3 N–H and O–H groups in total. The van der Waals surface area contributed by atoms with Crippen molar-refractivity contribution in [1.82, 2.24) is 19.9 Å². The van der Waals surface area contributed by atoms with Crippen molar-refractivity contribution in [1.29, 1.82) is 5.26 Å². The van der Waals surface area contributed by atoms with E-state index < -0.39 is 5.91 Å². The molecule has 5 rings (SSSR count). The zero-order valence-electron chi connectivity index (χ0n) is 22.9. The van der Waals surface area contributed by atoms with Gasteiger partial charge in [0.25, 0.3) is 11.8 Å². The number of nitrogens with zero attached hydrogens (tertiary/aromatic N) is 4. The maximum atomic E-state index is 13.1. The average Bonchev–Trinajstić information content (AvgIpc) is 3.53. The lowest BCUT2D eigenvalue weighted by Gasteiger charge is -2.15. The molecule has 208 valence electrons. The Morgan fingerprint density at radius 3 is 2.50 bits per heavy atom. The standard InChI is InChI=1S/C33H28N6O3/c1-22-10-12-23(13-11-22)33(42)38-31-28(20-34)27(19-29(37-31)26-8-2-3-9-30(26)40)24-6-4-7-25(18-24)32(41)36-14-5-16-39-17-15-35-21-39/h2-4,6-13,15,17-19,21,40H,5,14,16H2,1H3,(H,36,41)(H,37,38,42). The van der Waals surface area contributed by atoms with Crippen LogP contribution >= 0.6 is 0 Å². The molecule has 0 aliphatic carbocycles. The molecule has 0 aliphatic heterocycles. The highest BCUT2D eigenvalue weighted by atomic mass is 16.3. The maximum Gasteiger partial charge on any atom is 0.256 e. The van der Waals surface area contributed by atoms with Crippen molar-refractivity contribution in [3.8, 4) is 34.2 Å². The third-order valence-corrected chi connectivity index (χ3v) is 6.73. The molecular formula is C33H28N6O3. The summed E-state index contributed by atoms with van der Waals surface area (Å²) in [6.45, 7) is 3.14. The minimum absolute atomic E-state index is 0.000269. The van der Waals surface area contributed by atoms with Crippen LogP contribution in [0.4, 0.5) is 5.82 Å². The molecule has 0 spiro atoms. The number of nitrogens with one attached hydrogen (secondary N) is 2. The second-order valence-corrected chi connectivity index (χ2v) is 9.72. The molecule has 0 radical (unpaired) electrons. The van der Waals surface area contributed by atoms with E-state index in [-0.39, 0.29) is 23.0 Å². The van der Waals surface area contributed by atoms with Gasteiger partial charge in [-0.2, -0.15) is 5.26 Å². The number of amides is 2. The Kier molecular flexibility index (Phi) is 8.35. The number of phenols is 1. The Hall–Kier alpha value is -5.75. The predicted molar refractivity (Wildman–Crippen MR) is 160 cm³/mol. The van der Waals surface area contributed by atoms with Gasteiger partial charge in [0.1, 0.15) is 17.4 Å². The Bertz CT molecular complexity index is 1770. The van der Waals surface area contributed by atoms with E-state index in [0.717, 1.165) is 18.5 Å². The van der Waals surface area contributed by atoms with E-state index in [0.29, 0.717) is 40.1 Å². The molecule has 5 aromatic rings. The van der Waals surface area contributed by atoms with Gasteiger partial charge in [-0.1, -0.05) is 42.0 Å². The van der Waals surface area contributed by atoms with Crippen LogP contribution in [0.2, 0.25) is 0 Å². The Morgan fingerprint density at radius 1 is 0.952 bits per heavy atom. The largest absolute Gasteiger partial charge is 0.507 e. The summed E-state index contributed by atoms with van der Waals surface area (Å²) in [5.41, 5.74) is 3.80. The van der Waals surface area contributed by atoms with Crippen molar-refractivity contribution < 1.29 is 14.7 Å². The number of carbonyl (C=O) groups is 2. The summed E-state index contributed by atoms with van der Waals surface area (Å²) in [6, 6.07) is 24.5. The third-order valence-electron chi connectivity index (χ3n) is 6.73. The van der Waals surface area contributed by atoms with Gasteiger partial charge in [-0.25, -0.2) is 9.97 Å². The summed E-state index contributed by atoms with van der Waals surface area (Å²) in [4.78, 5) is 34.7. The van der Waals surface area contributed by atoms with Crippen LogP contribution in [0.25, 0.3) is 22.4 Å². The SMILES string of the molecule is Cc1ccc(C(=O)Nc2nc(-c3ccccc3O)cc(-c3cccc(C(=O)NCCCn4ccnc4)c3)c2C#N)cc1. The minimum Gasteiger partial charge on any atom is -0.507 e. The summed E-state index contributed by atoms with van der Waals surface area (Å²) in [5.74, 6) is -0.624. The molecule has 2 heterocycles. The number of pyridine rings is 1. The molecule has 0 fully saturated rings. The van der Waals surface area contributed by atoms with Gasteiger partial charge in [-0.15, -0.1) is 0 Å². The van der Waals surface area contributed by atoms with Gasteiger partial charge in [0.2, 0.25) is 0 Å². The third kappa shape index (κ3) is 6.35. The number of aryl methyl sites for hydroxylation is 2. The van der Waals surface area contributed by atoms with E-state index in [2.05, 4.69) is 26.7 Å². The number of nitriles is 1. The molecule has 2 amide bonds. The first-order valence-corrected chi connectivity index (χ1v) is 13.4. The molecule has 0 atom stereocenters. The van der Waals surface area contributed by atoms with Crippen molar-refractivity contribution in [3.05, 3.63) is 120 Å². The second-order valence-electron chi connectivity index (χ2n) is 9.72. The van der Waals surface area contributed by atoms with Gasteiger partial charge in [0.15, 0.2) is 5.82 Å². The summed E-state index contributed by atoms with van der Waals surface area (Å²) in [7, 11) is 0. The number of hydrogen-bond acceptors (Lipinski definition) is 6. The van der Waals surface area contributed by atoms with E-state index in [1.165, 1.54) is 6.07 Å². The van der Waals surface area contributed by atoms with Crippen LogP contribution in [-0.2, 0) is 6.54 Å². The van der Waals surface area contributed by atoms with Crippen molar-refractivity contribution in [2.75, 3.05) is 11.9 Å². The number of aromatic nitrogens is 3. The number of benzene rings is 3. The molecule has 2 aromatic heterocycles. The first-order chi connectivity index (χ1) is 20.4. The van der Waals surface area contributed by atoms with Crippen molar-refractivity contribution in [3.63, 3.8) is 0 Å². The Labute approximate surface area is 243 Å². The number of para-hydroxylation sites is 1. The summed E-state index contributed by atoms with van der Waals surface area (Å²) < 4.78 is 1.94. The van der Waals surface area contributed by atoms with E-state index in [4.69, 9.17) is 0 Å². The fourth-order valence-corrected chi connectivity index (χ4v) is 4.50. The van der Waals surface area contributed by atoms with Crippen LogP contribution in [0.1, 0.15) is 38.3 Å². The Balaban J connectivity index is 1.49. The lowest BCUT2D eigenvalue weighted by atomic mass is 9.96. The summed E-state index contributed by atoms with van der Waals surface area (Å²) in [5, 5.41) is 26.5. The molecular weight excluding hydrogens is 528 g/mol. The fourth-order valence-electron chi connectivity index (χ4n) is 4.50. The molecule has 42 heavy (non-hydrogen) atoms. The maximum absolute atomic E-state index is 13.1. The molecule has 3 aromatic carbocycles. The monoisotopic (exact) mass is 556 g/mol. The van der Waals surface area contributed by atoms with Crippen LogP contribution in [0.15, 0.2) is 97.6 Å². The van der Waals surface area contributed by atoms with Crippen LogP contribution < -0.4 is 10.6 Å². The molecule has 9 heteroatoms. The highest BCUT2D eigenvalue weighted by Crippen LogP contribution is 2.35. The van der Waals surface area contributed by atoms with Crippen molar-refractivity contribution in [2.45, 2.75) is 19.9 Å². The van der Waals surface area contributed by atoms with E-state index in [1.807, 2.05) is 29.8 Å². The Morgan fingerprint density at radius 2 is 1.76 bits per heavy atom. The number of aromatic hydroxyl groups is 1. The zero-order valence-corrected chi connectivity index (χ0v) is 22.9. The van der Waals surface area contributed by atoms with Crippen LogP contribution in [-0.4, -0.2) is 38.0 Å². The normalized spacial score (nSPS) is 10.6. The molecule has 0 saturated carbocycles. The number of rotatable bonds is 9. The first-order valence-electron chi connectivity index (χ1n) is 13.4. The molecule has 0 saturated heterocycles. The van der Waals surface area contributed by atoms with Crippen LogP contribution in [0.3, 0.4) is 0 Å². The van der Waals surface area contributed by atoms with Crippen LogP contribution in [0.5, 0.6) is 5.75 Å². The lowest BCUT2D eigenvalue weighted by Crippen LogP contribution is -2.25. The van der Waals surface area contributed by atoms with Crippen molar-refractivity contribution >= 4 is 17.6 Å². The van der Waals surface area contributed by atoms with E-state index >= 15 is 0 Å².